The van der Waals surface area contributed by atoms with Gasteiger partial charge in [-0.05, 0) is 24.1 Å². The summed E-state index contributed by atoms with van der Waals surface area (Å²) < 4.78 is 24.7. The number of thiazole rings is 1. The van der Waals surface area contributed by atoms with E-state index in [4.69, 9.17) is 5.26 Å². The molecule has 3 rings (SSSR count). The standard InChI is InChI=1S/C18H15N3O2S2/c19-11-15-7-4-9-20-17(15)18-21-16(12-24-18)13-25(22,23)10-8-14-5-2-1-3-6-14/h1-7,9,12H,8,10,13H2. The maximum absolute atomic E-state index is 12.3. The maximum atomic E-state index is 12.3. The number of hydrogen-bond donors (Lipinski definition) is 0. The van der Waals surface area contributed by atoms with Gasteiger partial charge < -0.3 is 0 Å². The zero-order valence-electron chi connectivity index (χ0n) is 13.3. The van der Waals surface area contributed by atoms with Crippen LogP contribution in [-0.4, -0.2) is 24.1 Å². The largest absolute Gasteiger partial charge is 0.252 e. The zero-order valence-corrected chi connectivity index (χ0v) is 14.9. The second kappa shape index (κ2) is 7.55. The van der Waals surface area contributed by atoms with Crippen LogP contribution < -0.4 is 0 Å². The van der Waals surface area contributed by atoms with Gasteiger partial charge in [-0.2, -0.15) is 5.26 Å². The number of pyridine rings is 1. The second-order valence-electron chi connectivity index (χ2n) is 5.48. The number of hydrogen-bond acceptors (Lipinski definition) is 6. The minimum Gasteiger partial charge on any atom is -0.252 e. The molecule has 7 heteroatoms. The molecule has 2 aromatic heterocycles. The summed E-state index contributed by atoms with van der Waals surface area (Å²) in [6, 6.07) is 15.0. The van der Waals surface area contributed by atoms with Crippen LogP contribution in [-0.2, 0) is 22.0 Å². The molecule has 3 aromatic rings. The summed E-state index contributed by atoms with van der Waals surface area (Å²) in [5.41, 5.74) is 2.40. The van der Waals surface area contributed by atoms with Crippen LogP contribution in [0, 0.1) is 11.3 Å². The van der Waals surface area contributed by atoms with E-state index in [1.807, 2.05) is 30.3 Å². The van der Waals surface area contributed by atoms with E-state index in [9.17, 15) is 8.42 Å². The number of sulfone groups is 1. The monoisotopic (exact) mass is 369 g/mol. The summed E-state index contributed by atoms with van der Waals surface area (Å²) in [7, 11) is -3.26. The third-order valence-electron chi connectivity index (χ3n) is 3.59. The lowest BCUT2D eigenvalue weighted by Gasteiger charge is -2.03. The van der Waals surface area contributed by atoms with Crippen molar-refractivity contribution in [3.63, 3.8) is 0 Å². The van der Waals surface area contributed by atoms with E-state index < -0.39 is 9.84 Å². The van der Waals surface area contributed by atoms with E-state index in [0.29, 0.717) is 28.4 Å². The first-order valence-corrected chi connectivity index (χ1v) is 10.3. The molecule has 0 aliphatic carbocycles. The van der Waals surface area contributed by atoms with Crippen LogP contribution in [0.15, 0.2) is 54.0 Å². The molecule has 0 spiro atoms. The molecule has 2 heterocycles. The van der Waals surface area contributed by atoms with Crippen LogP contribution in [0.1, 0.15) is 16.8 Å². The predicted octanol–water partition coefficient (Wildman–Crippen LogP) is 3.23. The predicted molar refractivity (Wildman–Crippen MR) is 97.7 cm³/mol. The zero-order chi connectivity index (χ0) is 17.7. The Morgan fingerprint density at radius 1 is 1.12 bits per heavy atom. The van der Waals surface area contributed by atoms with Crippen molar-refractivity contribution in [2.75, 3.05) is 5.75 Å². The first kappa shape index (κ1) is 17.3. The summed E-state index contributed by atoms with van der Waals surface area (Å²) in [4.78, 5) is 8.54. The van der Waals surface area contributed by atoms with Crippen molar-refractivity contribution in [1.29, 1.82) is 5.26 Å². The van der Waals surface area contributed by atoms with Gasteiger partial charge in [0.25, 0.3) is 0 Å². The fourth-order valence-corrected chi connectivity index (χ4v) is 4.59. The third-order valence-corrected chi connectivity index (χ3v) is 6.05. The minimum absolute atomic E-state index is 0.0803. The van der Waals surface area contributed by atoms with Crippen LogP contribution in [0.4, 0.5) is 0 Å². The van der Waals surface area contributed by atoms with Crippen LogP contribution in [0.2, 0.25) is 0 Å². The molecule has 25 heavy (non-hydrogen) atoms. The highest BCUT2D eigenvalue weighted by atomic mass is 32.2. The van der Waals surface area contributed by atoms with Gasteiger partial charge in [-0.25, -0.2) is 13.4 Å². The lowest BCUT2D eigenvalue weighted by molar-refractivity contribution is 0.594. The Labute approximate surface area is 150 Å². The van der Waals surface area contributed by atoms with Gasteiger partial charge in [0.2, 0.25) is 0 Å². The Bertz CT molecular complexity index is 1010. The van der Waals surface area contributed by atoms with E-state index in [1.54, 1.807) is 23.7 Å². The minimum atomic E-state index is -3.26. The molecule has 0 aliphatic rings. The topological polar surface area (TPSA) is 83.7 Å². The van der Waals surface area contributed by atoms with Gasteiger partial charge in [-0.1, -0.05) is 30.3 Å². The number of aryl methyl sites for hydroxylation is 1. The van der Waals surface area contributed by atoms with Crippen LogP contribution in [0.5, 0.6) is 0 Å². The van der Waals surface area contributed by atoms with Gasteiger partial charge in [-0.3, -0.25) is 4.98 Å². The van der Waals surface area contributed by atoms with Gasteiger partial charge in [0.15, 0.2) is 9.84 Å². The molecule has 0 radical (unpaired) electrons. The molecule has 0 bridgehead atoms. The quantitative estimate of drug-likeness (QED) is 0.666. The molecular formula is C18H15N3O2S2. The van der Waals surface area contributed by atoms with Gasteiger partial charge in [0, 0.05) is 11.6 Å². The molecule has 0 aliphatic heterocycles. The average molecular weight is 369 g/mol. The molecular weight excluding hydrogens is 354 g/mol. The highest BCUT2D eigenvalue weighted by Crippen LogP contribution is 2.25. The van der Waals surface area contributed by atoms with Crippen molar-refractivity contribution in [3.8, 4) is 16.8 Å². The van der Waals surface area contributed by atoms with E-state index in [0.717, 1.165) is 5.56 Å². The van der Waals surface area contributed by atoms with Crippen molar-refractivity contribution in [2.24, 2.45) is 0 Å². The maximum Gasteiger partial charge on any atom is 0.156 e. The third kappa shape index (κ3) is 4.50. The molecule has 0 fully saturated rings. The highest BCUT2D eigenvalue weighted by molar-refractivity contribution is 7.90. The number of nitrogens with zero attached hydrogens (tertiary/aromatic N) is 3. The van der Waals surface area contributed by atoms with E-state index in [-0.39, 0.29) is 11.5 Å². The summed E-state index contributed by atoms with van der Waals surface area (Å²) in [5, 5.41) is 11.4. The summed E-state index contributed by atoms with van der Waals surface area (Å²) in [6.45, 7) is 0. The fourth-order valence-electron chi connectivity index (χ4n) is 2.36. The highest BCUT2D eigenvalue weighted by Gasteiger charge is 2.16. The molecule has 0 saturated carbocycles. The molecule has 126 valence electrons. The SMILES string of the molecule is N#Cc1cccnc1-c1nc(CS(=O)(=O)CCc2ccccc2)cs1. The van der Waals surface area contributed by atoms with E-state index >= 15 is 0 Å². The Hall–Kier alpha value is -2.56. The van der Waals surface area contributed by atoms with E-state index in [1.165, 1.54) is 11.3 Å². The number of aromatic nitrogens is 2. The first-order valence-electron chi connectivity index (χ1n) is 7.61. The molecule has 0 saturated heterocycles. The van der Waals surface area contributed by atoms with Crippen molar-refractivity contribution >= 4 is 21.2 Å². The second-order valence-corrected chi connectivity index (χ2v) is 8.53. The summed E-state index contributed by atoms with van der Waals surface area (Å²) >= 11 is 1.30. The molecule has 0 atom stereocenters. The Kier molecular flexibility index (Phi) is 5.22. The van der Waals surface area contributed by atoms with Crippen molar-refractivity contribution in [2.45, 2.75) is 12.2 Å². The van der Waals surface area contributed by atoms with Gasteiger partial charge >= 0.3 is 0 Å². The summed E-state index contributed by atoms with van der Waals surface area (Å²) in [5.74, 6) is -0.0258. The molecule has 0 N–H and O–H groups in total. The Balaban J connectivity index is 1.71. The summed E-state index contributed by atoms with van der Waals surface area (Å²) in [6.07, 6.45) is 2.08. The lowest BCUT2D eigenvalue weighted by Crippen LogP contribution is -2.11. The molecule has 0 unspecified atom stereocenters. The lowest BCUT2D eigenvalue weighted by atomic mass is 10.2. The van der Waals surface area contributed by atoms with Gasteiger partial charge in [0.1, 0.15) is 16.8 Å². The first-order chi connectivity index (χ1) is 12.1. The van der Waals surface area contributed by atoms with Crippen molar-refractivity contribution in [1.82, 2.24) is 9.97 Å². The number of rotatable bonds is 6. The normalized spacial score (nSPS) is 11.2. The average Bonchev–Trinajstić information content (AvgIpc) is 3.08. The van der Waals surface area contributed by atoms with Crippen LogP contribution in [0.3, 0.4) is 0 Å². The Morgan fingerprint density at radius 3 is 2.68 bits per heavy atom. The smallest absolute Gasteiger partial charge is 0.156 e. The molecule has 5 nitrogen and oxygen atoms in total. The van der Waals surface area contributed by atoms with Gasteiger partial charge in [0.05, 0.1) is 22.8 Å². The van der Waals surface area contributed by atoms with Crippen molar-refractivity contribution < 1.29 is 8.42 Å². The van der Waals surface area contributed by atoms with Crippen LogP contribution in [0.25, 0.3) is 10.7 Å². The number of benzene rings is 1. The van der Waals surface area contributed by atoms with Gasteiger partial charge in [-0.15, -0.1) is 11.3 Å². The Morgan fingerprint density at radius 2 is 1.92 bits per heavy atom. The molecule has 0 amide bonds. The fraction of sp³-hybridized carbons (Fsp3) is 0.167. The van der Waals surface area contributed by atoms with E-state index in [2.05, 4.69) is 16.0 Å². The van der Waals surface area contributed by atoms with Crippen LogP contribution >= 0.6 is 11.3 Å². The number of nitriles is 1. The molecule has 1 aromatic carbocycles. The van der Waals surface area contributed by atoms with Crippen molar-refractivity contribution in [3.05, 3.63) is 70.9 Å².